The summed E-state index contributed by atoms with van der Waals surface area (Å²) in [5.74, 6) is -2.85. The molecule has 0 aromatic carbocycles. The molecule has 0 spiro atoms. The lowest BCUT2D eigenvalue weighted by molar-refractivity contribution is -0.192. The number of carboxylic acid groups (broad SMARTS) is 1. The molecule has 2 saturated heterocycles. The van der Waals surface area contributed by atoms with Crippen LogP contribution in [0, 0.1) is 0 Å². The number of carbonyl (C=O) groups excluding carboxylic acids is 1. The molecule has 198 valence electrons. The normalized spacial score (nSPS) is 22.3. The second kappa shape index (κ2) is 9.25. The highest BCUT2D eigenvalue weighted by Crippen LogP contribution is 2.58. The van der Waals surface area contributed by atoms with Gasteiger partial charge in [-0.15, -0.1) is 0 Å². The number of carboxylic acids is 1. The van der Waals surface area contributed by atoms with Crippen molar-refractivity contribution in [3.8, 4) is 5.75 Å². The minimum Gasteiger partial charge on any atom is -0.493 e. The molecule has 5 heterocycles. The van der Waals surface area contributed by atoms with Crippen molar-refractivity contribution in [1.82, 2.24) is 14.4 Å². The number of anilines is 1. The second-order valence-corrected chi connectivity index (χ2v) is 9.03. The van der Waals surface area contributed by atoms with Crippen LogP contribution in [0.2, 0.25) is 0 Å². The van der Waals surface area contributed by atoms with Crippen molar-refractivity contribution in [2.24, 2.45) is 0 Å². The number of halogens is 5. The summed E-state index contributed by atoms with van der Waals surface area (Å²) in [5, 5.41) is 9.82. The van der Waals surface area contributed by atoms with E-state index in [9.17, 15) is 26.7 Å². The molecule has 3 fully saturated rings. The summed E-state index contributed by atoms with van der Waals surface area (Å²) in [4.78, 5) is 29.9. The van der Waals surface area contributed by atoms with Crippen molar-refractivity contribution in [3.05, 3.63) is 53.7 Å². The molecular formula is C23H21F5N4O5. The molecule has 2 bridgehead atoms. The lowest BCUT2D eigenvalue weighted by atomic mass is 9.62. The highest BCUT2D eigenvalue weighted by Gasteiger charge is 2.61. The van der Waals surface area contributed by atoms with E-state index in [0.717, 1.165) is 18.5 Å². The van der Waals surface area contributed by atoms with Crippen molar-refractivity contribution in [3.63, 3.8) is 0 Å². The number of nitrogens with one attached hydrogen (secondary N) is 1. The van der Waals surface area contributed by atoms with E-state index in [1.807, 2.05) is 6.20 Å². The Labute approximate surface area is 206 Å². The van der Waals surface area contributed by atoms with E-state index in [1.54, 1.807) is 16.7 Å². The van der Waals surface area contributed by atoms with Gasteiger partial charge in [-0.1, -0.05) is 6.07 Å². The number of methoxy groups -OCH3 is 1. The van der Waals surface area contributed by atoms with Crippen molar-refractivity contribution in [2.45, 2.75) is 43.4 Å². The van der Waals surface area contributed by atoms with Crippen LogP contribution in [0.25, 0.3) is 5.65 Å². The maximum atomic E-state index is 12.9. The minimum absolute atomic E-state index is 0.0568. The zero-order valence-corrected chi connectivity index (χ0v) is 19.5. The third-order valence-corrected chi connectivity index (χ3v) is 6.13. The highest BCUT2D eigenvalue weighted by atomic mass is 19.4. The molecule has 3 aliphatic rings. The standard InChI is InChI=1S/C21H20F2N4O3.C2HF3O2/c1-20-9-21(10-20,11-30-20)16-8-27-7-12(6-15(29-2)18(27)26-16)24-19(28)14-5-3-4-13(25-14)17(22)23;3-2(4,5)1(6)7/h3-8,17H,9-11H2,1-2H3,(H,24,28);(H,6,7). The maximum Gasteiger partial charge on any atom is 0.490 e. The van der Waals surface area contributed by atoms with Gasteiger partial charge in [0.05, 0.1) is 30.7 Å². The fraction of sp³-hybridized carbons (Fsp3) is 0.391. The van der Waals surface area contributed by atoms with Gasteiger partial charge < -0.3 is 24.3 Å². The zero-order chi connectivity index (χ0) is 27.2. The summed E-state index contributed by atoms with van der Waals surface area (Å²) < 4.78 is 70.6. The van der Waals surface area contributed by atoms with Gasteiger partial charge in [-0.05, 0) is 31.9 Å². The molecule has 6 rings (SSSR count). The molecular weight excluding hydrogens is 507 g/mol. The fourth-order valence-electron chi connectivity index (χ4n) is 4.59. The fourth-order valence-corrected chi connectivity index (χ4v) is 4.59. The first-order valence-corrected chi connectivity index (χ1v) is 10.8. The van der Waals surface area contributed by atoms with Gasteiger partial charge in [-0.3, -0.25) is 4.79 Å². The van der Waals surface area contributed by atoms with Crippen LogP contribution >= 0.6 is 0 Å². The zero-order valence-electron chi connectivity index (χ0n) is 19.5. The first-order chi connectivity index (χ1) is 17.2. The number of nitrogens with zero attached hydrogens (tertiary/aromatic N) is 3. The lowest BCUT2D eigenvalue weighted by Gasteiger charge is -2.41. The van der Waals surface area contributed by atoms with E-state index in [4.69, 9.17) is 24.4 Å². The minimum atomic E-state index is -5.08. The summed E-state index contributed by atoms with van der Waals surface area (Å²) in [6.45, 7) is 2.75. The Morgan fingerprint density at radius 2 is 1.89 bits per heavy atom. The number of hydrogen-bond donors (Lipinski definition) is 2. The van der Waals surface area contributed by atoms with Gasteiger partial charge in [-0.25, -0.2) is 23.5 Å². The number of ether oxygens (including phenoxy) is 2. The summed E-state index contributed by atoms with van der Waals surface area (Å²) in [7, 11) is 1.53. The predicted molar refractivity (Wildman–Crippen MR) is 118 cm³/mol. The molecule has 0 radical (unpaired) electrons. The number of rotatable bonds is 5. The molecule has 0 atom stereocenters. The molecule has 1 aliphatic carbocycles. The van der Waals surface area contributed by atoms with Crippen LogP contribution in [0.1, 0.15) is 48.1 Å². The smallest absolute Gasteiger partial charge is 0.490 e. The lowest BCUT2D eigenvalue weighted by Crippen LogP contribution is -2.45. The number of fused-ring (bicyclic) bond motifs is 2. The third-order valence-electron chi connectivity index (χ3n) is 6.13. The Kier molecular flexibility index (Phi) is 6.56. The molecule has 37 heavy (non-hydrogen) atoms. The summed E-state index contributed by atoms with van der Waals surface area (Å²) in [5.41, 5.74) is 1.35. The van der Waals surface area contributed by atoms with E-state index in [0.29, 0.717) is 23.7 Å². The Hall–Kier alpha value is -3.81. The van der Waals surface area contributed by atoms with Crippen molar-refractivity contribution in [1.29, 1.82) is 0 Å². The molecule has 2 N–H and O–H groups in total. The van der Waals surface area contributed by atoms with E-state index in [-0.39, 0.29) is 16.7 Å². The van der Waals surface area contributed by atoms with E-state index >= 15 is 0 Å². The first kappa shape index (κ1) is 26.3. The Bertz CT molecular complexity index is 1350. The Morgan fingerprint density at radius 1 is 1.22 bits per heavy atom. The molecule has 14 heteroatoms. The van der Waals surface area contributed by atoms with Gasteiger partial charge in [0, 0.05) is 23.9 Å². The van der Waals surface area contributed by atoms with Crippen LogP contribution in [0.15, 0.2) is 36.7 Å². The van der Waals surface area contributed by atoms with Crippen LogP contribution in [0.5, 0.6) is 5.75 Å². The summed E-state index contributed by atoms with van der Waals surface area (Å²) in [6, 6.07) is 5.60. The monoisotopic (exact) mass is 528 g/mol. The average Bonchev–Trinajstić information content (AvgIpc) is 3.49. The van der Waals surface area contributed by atoms with Crippen LogP contribution in [0.3, 0.4) is 0 Å². The van der Waals surface area contributed by atoms with Crippen molar-refractivity contribution >= 4 is 23.2 Å². The largest absolute Gasteiger partial charge is 0.493 e. The van der Waals surface area contributed by atoms with E-state index in [2.05, 4.69) is 17.2 Å². The maximum absolute atomic E-state index is 12.9. The van der Waals surface area contributed by atoms with Gasteiger partial charge in [-0.2, -0.15) is 13.2 Å². The number of pyridine rings is 2. The number of carbonyl (C=O) groups is 2. The van der Waals surface area contributed by atoms with Gasteiger partial charge in [0.1, 0.15) is 11.4 Å². The number of imidazole rings is 1. The quantitative estimate of drug-likeness (QED) is 0.473. The van der Waals surface area contributed by atoms with Crippen molar-refractivity contribution in [2.75, 3.05) is 19.0 Å². The van der Waals surface area contributed by atoms with E-state index in [1.165, 1.54) is 25.3 Å². The molecule has 2 aliphatic heterocycles. The number of amides is 1. The Morgan fingerprint density at radius 3 is 2.43 bits per heavy atom. The first-order valence-electron chi connectivity index (χ1n) is 10.8. The van der Waals surface area contributed by atoms with Crippen LogP contribution in [-0.2, 0) is 14.9 Å². The SMILES string of the molecule is COc1cc(NC(=O)c2cccc(C(F)F)n2)cn2cc(C34COC(C)(C3)C4)nc12.O=C(O)C(F)(F)F. The van der Waals surface area contributed by atoms with Gasteiger partial charge in [0.15, 0.2) is 11.4 Å². The topological polar surface area (TPSA) is 115 Å². The number of aromatic nitrogens is 3. The van der Waals surface area contributed by atoms with Gasteiger partial charge in [0.2, 0.25) is 0 Å². The molecule has 3 aromatic heterocycles. The predicted octanol–water partition coefficient (Wildman–Crippen LogP) is 4.38. The molecule has 3 aromatic rings. The molecule has 1 saturated carbocycles. The third kappa shape index (κ3) is 5.19. The molecule has 1 amide bonds. The second-order valence-electron chi connectivity index (χ2n) is 9.03. The molecule has 9 nitrogen and oxygen atoms in total. The van der Waals surface area contributed by atoms with Crippen LogP contribution in [-0.4, -0.2) is 56.8 Å². The number of hydrogen-bond acceptors (Lipinski definition) is 6. The highest BCUT2D eigenvalue weighted by molar-refractivity contribution is 6.03. The summed E-state index contributed by atoms with van der Waals surface area (Å²) in [6.07, 6.45) is -2.32. The van der Waals surface area contributed by atoms with Gasteiger partial charge >= 0.3 is 12.1 Å². The van der Waals surface area contributed by atoms with Crippen LogP contribution in [0.4, 0.5) is 27.6 Å². The average molecular weight is 528 g/mol. The van der Waals surface area contributed by atoms with Crippen LogP contribution < -0.4 is 10.1 Å². The Balaban J connectivity index is 0.000000405. The number of aliphatic carboxylic acids is 1. The van der Waals surface area contributed by atoms with E-state index < -0.39 is 30.2 Å². The van der Waals surface area contributed by atoms with Gasteiger partial charge in [0.25, 0.3) is 12.3 Å². The molecule has 0 unspecified atom stereocenters. The summed E-state index contributed by atoms with van der Waals surface area (Å²) >= 11 is 0. The number of alkyl halides is 5. The van der Waals surface area contributed by atoms with Crippen molar-refractivity contribution < 1.29 is 46.1 Å².